The SMILES string of the molecule is COc1ccc(-c2ccc(C(=O)O)cc2N)c(F)c1. The molecule has 98 valence electrons. The molecular weight excluding hydrogens is 249 g/mol. The summed E-state index contributed by atoms with van der Waals surface area (Å²) < 4.78 is 18.8. The van der Waals surface area contributed by atoms with Crippen LogP contribution in [0, 0.1) is 5.82 Å². The number of anilines is 1. The van der Waals surface area contributed by atoms with Crippen LogP contribution in [-0.4, -0.2) is 18.2 Å². The number of aromatic carboxylic acids is 1. The van der Waals surface area contributed by atoms with Crippen molar-refractivity contribution in [1.82, 2.24) is 0 Å². The second-order valence-corrected chi connectivity index (χ2v) is 3.95. The normalized spacial score (nSPS) is 10.2. The van der Waals surface area contributed by atoms with E-state index in [-0.39, 0.29) is 11.3 Å². The number of halogens is 1. The molecule has 0 spiro atoms. The van der Waals surface area contributed by atoms with Crippen LogP contribution in [0.5, 0.6) is 5.75 Å². The van der Waals surface area contributed by atoms with Crippen molar-refractivity contribution in [3.63, 3.8) is 0 Å². The number of carboxylic acids is 1. The molecule has 0 aromatic heterocycles. The van der Waals surface area contributed by atoms with Crippen LogP contribution in [0.1, 0.15) is 10.4 Å². The lowest BCUT2D eigenvalue weighted by Gasteiger charge is -2.09. The molecule has 0 fully saturated rings. The van der Waals surface area contributed by atoms with Gasteiger partial charge in [-0.25, -0.2) is 9.18 Å². The van der Waals surface area contributed by atoms with Gasteiger partial charge < -0.3 is 15.6 Å². The summed E-state index contributed by atoms with van der Waals surface area (Å²) >= 11 is 0. The van der Waals surface area contributed by atoms with E-state index in [9.17, 15) is 9.18 Å². The van der Waals surface area contributed by atoms with E-state index in [4.69, 9.17) is 15.6 Å². The second kappa shape index (κ2) is 4.97. The molecule has 0 amide bonds. The van der Waals surface area contributed by atoms with Crippen LogP contribution >= 0.6 is 0 Å². The zero-order chi connectivity index (χ0) is 14.0. The number of carbonyl (C=O) groups is 1. The molecule has 19 heavy (non-hydrogen) atoms. The Morgan fingerprint density at radius 1 is 1.21 bits per heavy atom. The van der Waals surface area contributed by atoms with Gasteiger partial charge >= 0.3 is 5.97 Å². The van der Waals surface area contributed by atoms with Crippen molar-refractivity contribution in [1.29, 1.82) is 0 Å². The topological polar surface area (TPSA) is 72.5 Å². The Labute approximate surface area is 109 Å². The first-order valence-electron chi connectivity index (χ1n) is 5.49. The molecule has 0 radical (unpaired) electrons. The molecule has 0 aliphatic carbocycles. The van der Waals surface area contributed by atoms with Gasteiger partial charge in [-0.1, -0.05) is 6.07 Å². The number of rotatable bonds is 3. The molecule has 0 bridgehead atoms. The molecule has 0 aliphatic heterocycles. The van der Waals surface area contributed by atoms with E-state index < -0.39 is 11.8 Å². The molecule has 0 aliphatic rings. The van der Waals surface area contributed by atoms with Gasteiger partial charge in [-0.2, -0.15) is 0 Å². The summed E-state index contributed by atoms with van der Waals surface area (Å²) in [6.45, 7) is 0. The fourth-order valence-electron chi connectivity index (χ4n) is 1.78. The van der Waals surface area contributed by atoms with Crippen LogP contribution in [0.4, 0.5) is 10.1 Å². The van der Waals surface area contributed by atoms with Gasteiger partial charge in [0.15, 0.2) is 0 Å². The maximum atomic E-state index is 13.9. The molecule has 0 atom stereocenters. The monoisotopic (exact) mass is 261 g/mol. The number of carboxylic acid groups (broad SMARTS) is 1. The van der Waals surface area contributed by atoms with E-state index >= 15 is 0 Å². The number of nitrogens with two attached hydrogens (primary N) is 1. The molecule has 4 nitrogen and oxygen atoms in total. The lowest BCUT2D eigenvalue weighted by molar-refractivity contribution is 0.0697. The Balaban J connectivity index is 2.50. The molecular formula is C14H12FNO3. The fourth-order valence-corrected chi connectivity index (χ4v) is 1.78. The van der Waals surface area contributed by atoms with Gasteiger partial charge in [-0.05, 0) is 24.3 Å². The largest absolute Gasteiger partial charge is 0.497 e. The molecule has 2 aromatic rings. The minimum atomic E-state index is -1.08. The first-order chi connectivity index (χ1) is 9.02. The van der Waals surface area contributed by atoms with Crippen LogP contribution in [0.3, 0.4) is 0 Å². The Morgan fingerprint density at radius 2 is 1.89 bits per heavy atom. The number of nitrogen functional groups attached to an aromatic ring is 1. The Morgan fingerprint density at radius 3 is 2.42 bits per heavy atom. The number of hydrogen-bond donors (Lipinski definition) is 2. The van der Waals surface area contributed by atoms with E-state index in [1.165, 1.54) is 31.4 Å². The highest BCUT2D eigenvalue weighted by Crippen LogP contribution is 2.31. The maximum absolute atomic E-state index is 13.9. The van der Waals surface area contributed by atoms with Crippen LogP contribution in [0.15, 0.2) is 36.4 Å². The van der Waals surface area contributed by atoms with Crippen molar-refractivity contribution in [2.75, 3.05) is 12.8 Å². The predicted molar refractivity (Wildman–Crippen MR) is 69.8 cm³/mol. The van der Waals surface area contributed by atoms with E-state index in [1.807, 2.05) is 0 Å². The van der Waals surface area contributed by atoms with E-state index in [0.29, 0.717) is 16.9 Å². The molecule has 3 N–H and O–H groups in total. The van der Waals surface area contributed by atoms with Gasteiger partial charge in [-0.3, -0.25) is 0 Å². The van der Waals surface area contributed by atoms with Crippen molar-refractivity contribution >= 4 is 11.7 Å². The smallest absolute Gasteiger partial charge is 0.335 e. The summed E-state index contributed by atoms with van der Waals surface area (Å²) in [7, 11) is 1.45. The summed E-state index contributed by atoms with van der Waals surface area (Å²) in [5.41, 5.74) is 6.80. The molecule has 5 heteroatoms. The molecule has 2 rings (SSSR count). The van der Waals surface area contributed by atoms with Crippen LogP contribution < -0.4 is 10.5 Å². The lowest BCUT2D eigenvalue weighted by Crippen LogP contribution is -2.00. The summed E-state index contributed by atoms with van der Waals surface area (Å²) in [6, 6.07) is 8.59. The Bertz CT molecular complexity index is 641. The highest BCUT2D eigenvalue weighted by atomic mass is 19.1. The number of methoxy groups -OCH3 is 1. The third-order valence-corrected chi connectivity index (χ3v) is 2.76. The molecule has 0 unspecified atom stereocenters. The summed E-state index contributed by atoms with van der Waals surface area (Å²) in [6.07, 6.45) is 0. The first kappa shape index (κ1) is 12.9. The predicted octanol–water partition coefficient (Wildman–Crippen LogP) is 2.78. The maximum Gasteiger partial charge on any atom is 0.335 e. The number of ether oxygens (including phenoxy) is 1. The van der Waals surface area contributed by atoms with Crippen LogP contribution in [0.2, 0.25) is 0 Å². The van der Waals surface area contributed by atoms with E-state index in [0.717, 1.165) is 0 Å². The van der Waals surface area contributed by atoms with Gasteiger partial charge in [0.1, 0.15) is 11.6 Å². The summed E-state index contributed by atoms with van der Waals surface area (Å²) in [5.74, 6) is -1.15. The molecule has 0 saturated heterocycles. The zero-order valence-electron chi connectivity index (χ0n) is 10.2. The summed E-state index contributed by atoms with van der Waals surface area (Å²) in [5, 5.41) is 8.85. The highest BCUT2D eigenvalue weighted by molar-refractivity contribution is 5.91. The fraction of sp³-hybridized carbons (Fsp3) is 0.0714. The van der Waals surface area contributed by atoms with Crippen LogP contribution in [-0.2, 0) is 0 Å². The molecule has 0 saturated carbocycles. The summed E-state index contributed by atoms with van der Waals surface area (Å²) in [4.78, 5) is 10.8. The zero-order valence-corrected chi connectivity index (χ0v) is 10.2. The van der Waals surface area contributed by atoms with Crippen molar-refractivity contribution < 1.29 is 19.0 Å². The quantitative estimate of drug-likeness (QED) is 0.833. The van der Waals surface area contributed by atoms with Crippen molar-refractivity contribution in [3.8, 4) is 16.9 Å². The number of hydrogen-bond acceptors (Lipinski definition) is 3. The average molecular weight is 261 g/mol. The molecule has 0 heterocycles. The van der Waals surface area contributed by atoms with E-state index in [2.05, 4.69) is 0 Å². The standard InChI is InChI=1S/C14H12FNO3/c1-19-9-3-5-10(12(15)7-9)11-4-2-8(14(17)18)6-13(11)16/h2-7H,16H2,1H3,(H,17,18). The average Bonchev–Trinajstić information content (AvgIpc) is 2.39. The van der Waals surface area contributed by atoms with Crippen molar-refractivity contribution in [2.45, 2.75) is 0 Å². The first-order valence-corrected chi connectivity index (χ1v) is 5.49. The Kier molecular flexibility index (Phi) is 3.37. The second-order valence-electron chi connectivity index (χ2n) is 3.95. The third kappa shape index (κ3) is 2.49. The van der Waals surface area contributed by atoms with Crippen LogP contribution in [0.25, 0.3) is 11.1 Å². The minimum absolute atomic E-state index is 0.0650. The number of benzene rings is 2. The van der Waals surface area contributed by atoms with Gasteiger partial charge in [0.2, 0.25) is 0 Å². The van der Waals surface area contributed by atoms with Crippen molar-refractivity contribution in [2.24, 2.45) is 0 Å². The Hall–Kier alpha value is -2.56. The highest BCUT2D eigenvalue weighted by Gasteiger charge is 2.12. The third-order valence-electron chi connectivity index (χ3n) is 2.76. The molecule has 2 aromatic carbocycles. The minimum Gasteiger partial charge on any atom is -0.497 e. The van der Waals surface area contributed by atoms with E-state index in [1.54, 1.807) is 12.1 Å². The van der Waals surface area contributed by atoms with Gasteiger partial charge in [-0.15, -0.1) is 0 Å². The lowest BCUT2D eigenvalue weighted by atomic mass is 10.0. The van der Waals surface area contributed by atoms with Gasteiger partial charge in [0, 0.05) is 22.9 Å². The van der Waals surface area contributed by atoms with Gasteiger partial charge in [0.25, 0.3) is 0 Å². The van der Waals surface area contributed by atoms with Crippen molar-refractivity contribution in [3.05, 3.63) is 47.8 Å². The van der Waals surface area contributed by atoms with Gasteiger partial charge in [0.05, 0.1) is 12.7 Å².